The Kier molecular flexibility index (Phi) is 3.76. The Bertz CT molecular complexity index is 3910. The lowest BCUT2D eigenvalue weighted by atomic mass is 9.97. The first kappa shape index (κ1) is 15.4. The van der Waals surface area contributed by atoms with Crippen LogP contribution in [0.3, 0.4) is 0 Å². The van der Waals surface area contributed by atoms with Crippen LogP contribution >= 0.6 is 11.3 Å². The first-order valence-corrected chi connectivity index (χ1v) is 16.8. The Hall–Kier alpha value is -6.48. The van der Waals surface area contributed by atoms with Gasteiger partial charge in [-0.2, -0.15) is 0 Å². The third-order valence-corrected chi connectivity index (χ3v) is 9.86. The summed E-state index contributed by atoms with van der Waals surface area (Å²) >= 11 is 1.57. The fourth-order valence-electron chi connectivity index (χ4n) is 6.22. The van der Waals surface area contributed by atoms with Gasteiger partial charge < -0.3 is 4.90 Å². The van der Waals surface area contributed by atoms with Crippen LogP contribution < -0.4 is 4.90 Å². The van der Waals surface area contributed by atoms with E-state index >= 15 is 0 Å². The molecule has 0 atom stereocenters. The number of fused-ring (bicyclic) bond motifs is 5. The van der Waals surface area contributed by atoms with Gasteiger partial charge in [0.1, 0.15) is 0 Å². The molecule has 0 unspecified atom stereocenters. The van der Waals surface area contributed by atoms with E-state index < -0.39 is 188 Å². The normalized spacial score (nSPS) is 17.4. The van der Waals surface area contributed by atoms with E-state index in [0.29, 0.717) is 5.56 Å². The molecule has 52 heavy (non-hydrogen) atoms. The largest absolute Gasteiger partial charge is 0.311 e. The van der Waals surface area contributed by atoms with E-state index in [0.717, 1.165) is 30.6 Å². The van der Waals surface area contributed by atoms with Gasteiger partial charge in [-0.25, -0.2) is 0 Å². The van der Waals surface area contributed by atoms with Crippen molar-refractivity contribution in [2.75, 3.05) is 4.90 Å². The maximum Gasteiger partial charge on any atom is 0.0645 e. The minimum absolute atomic E-state index is 0.0279. The molecule has 0 aliphatic rings. The molecule has 9 aromatic carbocycles. The van der Waals surface area contributed by atoms with Crippen molar-refractivity contribution in [3.8, 4) is 33.4 Å². The van der Waals surface area contributed by atoms with Gasteiger partial charge in [0, 0.05) is 37.2 Å². The summed E-state index contributed by atoms with van der Waals surface area (Å²) in [4.78, 5) is 0.960. The lowest BCUT2D eigenvalue weighted by Crippen LogP contribution is -2.09. The molecule has 0 bridgehead atoms. The molecule has 0 saturated heterocycles. The molecule has 0 amide bonds. The van der Waals surface area contributed by atoms with Crippen molar-refractivity contribution in [3.05, 3.63) is 200 Å². The van der Waals surface area contributed by atoms with Crippen LogP contribution in [0.1, 0.15) is 30.2 Å². The molecule has 244 valence electrons. The molecule has 0 aliphatic heterocycles. The molecule has 0 radical (unpaired) electrons. The average Bonchev–Trinajstić information content (AvgIpc) is 3.78. The number of thiophene rings is 1. The summed E-state index contributed by atoms with van der Waals surface area (Å²) in [6, 6.07) is 1.81. The Morgan fingerprint density at radius 1 is 0.365 bits per heavy atom. The Labute approximate surface area is 338 Å². The highest BCUT2D eigenvalue weighted by molar-refractivity contribution is 7.26. The summed E-state index contributed by atoms with van der Waals surface area (Å²) < 4.78 is 199. The van der Waals surface area contributed by atoms with Crippen molar-refractivity contribution in [2.24, 2.45) is 0 Å². The molecule has 1 aromatic heterocycles. The highest BCUT2D eigenvalue weighted by atomic mass is 32.1. The van der Waals surface area contributed by atoms with E-state index in [4.69, 9.17) is 19.2 Å². The van der Waals surface area contributed by atoms with Crippen LogP contribution in [-0.2, 0) is 0 Å². The molecule has 0 fully saturated rings. The van der Waals surface area contributed by atoms with E-state index in [1.807, 2.05) is 42.5 Å². The van der Waals surface area contributed by atoms with Gasteiger partial charge in [-0.05, 0) is 97.3 Å². The zero-order valence-electron chi connectivity index (χ0n) is 48.7. The van der Waals surface area contributed by atoms with Gasteiger partial charge >= 0.3 is 0 Å². The first-order chi connectivity index (χ1) is 35.0. The van der Waals surface area contributed by atoms with E-state index in [9.17, 15) is 11.0 Å². The summed E-state index contributed by atoms with van der Waals surface area (Å²) in [7, 11) is 0. The third kappa shape index (κ3) is 5.24. The maximum atomic E-state index is 9.61. The second-order valence-corrected chi connectivity index (χ2v) is 12.7. The van der Waals surface area contributed by atoms with Crippen molar-refractivity contribution >= 4 is 70.1 Å². The number of hydrogen-bond acceptors (Lipinski definition) is 2. The average molecular weight is 702 g/mol. The minimum Gasteiger partial charge on any atom is -0.311 e. The Morgan fingerprint density at radius 3 is 1.52 bits per heavy atom. The molecule has 2 heteroatoms. The van der Waals surface area contributed by atoms with Gasteiger partial charge in [0.15, 0.2) is 0 Å². The number of hydrogen-bond donors (Lipinski definition) is 0. The van der Waals surface area contributed by atoms with Gasteiger partial charge in [-0.3, -0.25) is 0 Å². The fourth-order valence-corrected chi connectivity index (χ4v) is 7.46. The summed E-state index contributed by atoms with van der Waals surface area (Å²) in [5.74, 6) is 0. The standard InChI is InChI=1S/C50H33NS/c1-3-14-42-34(10-1)12-7-17-44(42)36-22-28-39(29-23-36)51(40-30-24-37(25-31-40)45-18-8-13-35-11-2-4-15-43(35)45)41-32-26-38(27-33-41)46-19-9-20-48-47-16-5-6-21-49(47)52-50(46)48/h1-33H/i1D,2D,3D,4D,7D,8D,10D,11D,12D,13D,14D,15D,17D,18D,22D,23D,24D,25D,28D,29D,30D,31D. The topological polar surface area (TPSA) is 3.24 Å². The van der Waals surface area contributed by atoms with E-state index in [2.05, 4.69) is 0 Å². The van der Waals surface area contributed by atoms with Crippen molar-refractivity contribution in [1.82, 2.24) is 0 Å². The zero-order valence-corrected chi connectivity index (χ0v) is 27.5. The molecule has 1 heterocycles. The van der Waals surface area contributed by atoms with Crippen LogP contribution in [0.4, 0.5) is 17.1 Å². The van der Waals surface area contributed by atoms with Crippen molar-refractivity contribution in [1.29, 1.82) is 0 Å². The summed E-state index contributed by atoms with van der Waals surface area (Å²) in [6.07, 6.45) is 0. The highest BCUT2D eigenvalue weighted by Gasteiger charge is 2.16. The maximum absolute atomic E-state index is 9.61. The number of anilines is 3. The summed E-state index contributed by atoms with van der Waals surface area (Å²) in [5, 5.41) is 0.0123. The van der Waals surface area contributed by atoms with Crippen LogP contribution in [0.15, 0.2) is 200 Å². The monoisotopic (exact) mass is 701 g/mol. The van der Waals surface area contributed by atoms with Crippen LogP contribution in [0.2, 0.25) is 0 Å². The van der Waals surface area contributed by atoms with Crippen molar-refractivity contribution in [2.45, 2.75) is 0 Å². The molecule has 0 spiro atoms. The quantitative estimate of drug-likeness (QED) is 0.167. The van der Waals surface area contributed by atoms with Gasteiger partial charge in [0.25, 0.3) is 0 Å². The molecular weight excluding hydrogens is 647 g/mol. The van der Waals surface area contributed by atoms with Gasteiger partial charge in [-0.15, -0.1) is 11.3 Å². The lowest BCUT2D eigenvalue weighted by Gasteiger charge is -2.26. The van der Waals surface area contributed by atoms with Gasteiger partial charge in [0.2, 0.25) is 0 Å². The smallest absolute Gasteiger partial charge is 0.0645 e. The Balaban J connectivity index is 1.28. The van der Waals surface area contributed by atoms with E-state index in [-0.39, 0.29) is 5.69 Å². The SMILES string of the molecule is [2H]c1c([2H])c(N(c2ccc(-c3cccc4c3sc3ccccc34)cc2)c2c([2H])c([2H])c(-c3c([2H])c([2H])c([2H])c4c([2H])c([2H])c([2H])c([2H])c34)c([2H])c2[2H])c([2H])c([2H])c1-c1c([2H])c([2H])c([2H])c2c([2H])c([2H])c([2H])c([2H])c12. The second-order valence-electron chi connectivity index (χ2n) is 11.6. The number of rotatable bonds is 6. The molecule has 10 aromatic rings. The molecule has 10 rings (SSSR count). The Morgan fingerprint density at radius 2 is 0.904 bits per heavy atom. The van der Waals surface area contributed by atoms with Crippen molar-refractivity contribution in [3.63, 3.8) is 0 Å². The predicted molar refractivity (Wildman–Crippen MR) is 225 cm³/mol. The molecule has 0 aliphatic carbocycles. The third-order valence-electron chi connectivity index (χ3n) is 8.64. The summed E-state index contributed by atoms with van der Waals surface area (Å²) in [5.41, 5.74) is -2.42. The fraction of sp³-hybridized carbons (Fsp3) is 0. The van der Waals surface area contributed by atoms with Gasteiger partial charge in [0.05, 0.1) is 30.2 Å². The molecule has 1 nitrogen and oxygen atoms in total. The van der Waals surface area contributed by atoms with Crippen LogP contribution in [0.25, 0.3) is 75.1 Å². The van der Waals surface area contributed by atoms with E-state index in [1.165, 1.54) is 12.1 Å². The highest BCUT2D eigenvalue weighted by Crippen LogP contribution is 2.42. The van der Waals surface area contributed by atoms with Gasteiger partial charge in [-0.1, -0.05) is 157 Å². The van der Waals surface area contributed by atoms with Crippen LogP contribution in [0, 0.1) is 0 Å². The van der Waals surface area contributed by atoms with E-state index in [1.54, 1.807) is 23.5 Å². The number of benzene rings is 9. The zero-order chi connectivity index (χ0) is 53.6. The molecule has 0 saturated carbocycles. The lowest BCUT2D eigenvalue weighted by molar-refractivity contribution is 1.28. The first-order valence-electron chi connectivity index (χ1n) is 27.0. The number of nitrogens with zero attached hydrogens (tertiary/aromatic N) is 1. The van der Waals surface area contributed by atoms with Crippen LogP contribution in [-0.4, -0.2) is 0 Å². The van der Waals surface area contributed by atoms with Crippen molar-refractivity contribution < 1.29 is 30.2 Å². The minimum atomic E-state index is -0.914. The second kappa shape index (κ2) is 12.7. The molecule has 0 N–H and O–H groups in total. The predicted octanol–water partition coefficient (Wildman–Crippen LogP) is 14.8. The van der Waals surface area contributed by atoms with Crippen LogP contribution in [0.5, 0.6) is 0 Å². The molecular formula is C50H33NS. The summed E-state index contributed by atoms with van der Waals surface area (Å²) in [6.45, 7) is 0.